The van der Waals surface area contributed by atoms with Crippen LogP contribution in [0.15, 0.2) is 0 Å². The van der Waals surface area contributed by atoms with Gasteiger partial charge in [-0.3, -0.25) is 4.79 Å². The minimum atomic E-state index is -0.245. The predicted octanol–water partition coefficient (Wildman–Crippen LogP) is -1.14. The predicted molar refractivity (Wildman–Crippen MR) is 51.9 cm³/mol. The molecule has 1 rings (SSSR count). The van der Waals surface area contributed by atoms with Gasteiger partial charge in [0.25, 0.3) is 0 Å². The summed E-state index contributed by atoms with van der Waals surface area (Å²) < 4.78 is 5.17. The number of rotatable bonds is 4. The summed E-state index contributed by atoms with van der Waals surface area (Å²) in [4.78, 5) is 11.5. The van der Waals surface area contributed by atoms with Gasteiger partial charge in [0.15, 0.2) is 0 Å². The van der Waals surface area contributed by atoms with Crippen LogP contribution in [0.1, 0.15) is 13.3 Å². The molecular weight excluding hydrogens is 184 g/mol. The Morgan fingerprint density at radius 2 is 2.57 bits per heavy atom. The zero-order chi connectivity index (χ0) is 10.4. The van der Waals surface area contributed by atoms with Gasteiger partial charge in [-0.15, -0.1) is 0 Å². The van der Waals surface area contributed by atoms with E-state index in [2.05, 4.69) is 10.6 Å². The highest BCUT2D eigenvalue weighted by molar-refractivity contribution is 5.82. The van der Waals surface area contributed by atoms with Crippen LogP contribution in [0.5, 0.6) is 0 Å². The summed E-state index contributed by atoms with van der Waals surface area (Å²) in [6.45, 7) is 3.77. The van der Waals surface area contributed by atoms with Crippen molar-refractivity contribution in [2.75, 3.05) is 26.4 Å². The molecule has 14 heavy (non-hydrogen) atoms. The highest BCUT2D eigenvalue weighted by atomic mass is 16.5. The Kier molecular flexibility index (Phi) is 4.86. The molecule has 1 aliphatic heterocycles. The van der Waals surface area contributed by atoms with E-state index in [1.54, 1.807) is 0 Å². The molecule has 5 heteroatoms. The molecule has 2 unspecified atom stereocenters. The van der Waals surface area contributed by atoms with E-state index in [9.17, 15) is 4.79 Å². The van der Waals surface area contributed by atoms with Gasteiger partial charge in [0.05, 0.1) is 13.2 Å². The first kappa shape index (κ1) is 11.4. The van der Waals surface area contributed by atoms with Crippen molar-refractivity contribution in [1.29, 1.82) is 0 Å². The number of carbonyl (C=O) groups excluding carboxylic acids is 1. The van der Waals surface area contributed by atoms with Gasteiger partial charge in [0.2, 0.25) is 5.91 Å². The van der Waals surface area contributed by atoms with Crippen molar-refractivity contribution in [2.45, 2.75) is 25.4 Å². The number of morpholine rings is 1. The number of nitrogens with one attached hydrogen (secondary N) is 2. The summed E-state index contributed by atoms with van der Waals surface area (Å²) in [5.74, 6) is -0.0503. The van der Waals surface area contributed by atoms with Gasteiger partial charge in [-0.2, -0.15) is 0 Å². The number of hydrogen-bond acceptors (Lipinski definition) is 4. The van der Waals surface area contributed by atoms with E-state index in [0.717, 1.165) is 0 Å². The van der Waals surface area contributed by atoms with Gasteiger partial charge in [-0.25, -0.2) is 0 Å². The Morgan fingerprint density at radius 3 is 3.14 bits per heavy atom. The molecule has 1 heterocycles. The molecule has 0 aliphatic carbocycles. The fraction of sp³-hybridized carbons (Fsp3) is 0.889. The lowest BCUT2D eigenvalue weighted by Gasteiger charge is -2.24. The molecule has 1 amide bonds. The maximum Gasteiger partial charge on any atom is 0.239 e. The lowest BCUT2D eigenvalue weighted by atomic mass is 10.2. The Labute approximate surface area is 83.8 Å². The van der Waals surface area contributed by atoms with Crippen LogP contribution in [-0.2, 0) is 9.53 Å². The first-order valence-corrected chi connectivity index (χ1v) is 4.96. The molecule has 5 nitrogen and oxygen atoms in total. The second-order valence-electron chi connectivity index (χ2n) is 3.50. The van der Waals surface area contributed by atoms with Gasteiger partial charge in [0.1, 0.15) is 6.04 Å². The maximum absolute atomic E-state index is 11.5. The van der Waals surface area contributed by atoms with Crippen LogP contribution in [0, 0.1) is 0 Å². The molecule has 0 aromatic carbocycles. The number of ether oxygens (including phenoxy) is 1. The van der Waals surface area contributed by atoms with E-state index in [-0.39, 0.29) is 24.6 Å². The largest absolute Gasteiger partial charge is 0.396 e. The molecule has 0 spiro atoms. The minimum Gasteiger partial charge on any atom is -0.396 e. The molecule has 0 saturated carbocycles. The monoisotopic (exact) mass is 202 g/mol. The third kappa shape index (κ3) is 3.61. The Bertz CT molecular complexity index is 181. The van der Waals surface area contributed by atoms with Crippen LogP contribution < -0.4 is 10.6 Å². The minimum absolute atomic E-state index is 0.0104. The second kappa shape index (κ2) is 5.95. The fourth-order valence-electron chi connectivity index (χ4n) is 1.34. The van der Waals surface area contributed by atoms with Crippen molar-refractivity contribution in [2.24, 2.45) is 0 Å². The fourth-order valence-corrected chi connectivity index (χ4v) is 1.34. The van der Waals surface area contributed by atoms with Gasteiger partial charge in [0, 0.05) is 19.2 Å². The molecular formula is C9H18N2O3. The van der Waals surface area contributed by atoms with Crippen LogP contribution in [0.4, 0.5) is 0 Å². The molecule has 0 bridgehead atoms. The van der Waals surface area contributed by atoms with E-state index >= 15 is 0 Å². The molecule has 0 aromatic rings. The van der Waals surface area contributed by atoms with Crippen molar-refractivity contribution in [3.63, 3.8) is 0 Å². The number of aliphatic hydroxyl groups is 1. The van der Waals surface area contributed by atoms with Crippen molar-refractivity contribution >= 4 is 5.91 Å². The normalized spacial score (nSPS) is 24.3. The number of carbonyl (C=O) groups is 1. The van der Waals surface area contributed by atoms with Crippen LogP contribution in [-0.4, -0.2) is 49.5 Å². The topological polar surface area (TPSA) is 70.6 Å². The molecule has 2 atom stereocenters. The van der Waals surface area contributed by atoms with E-state index in [4.69, 9.17) is 9.84 Å². The first-order chi connectivity index (χ1) is 6.74. The molecule has 0 aromatic heterocycles. The molecule has 1 aliphatic rings. The van der Waals surface area contributed by atoms with E-state index in [0.29, 0.717) is 26.2 Å². The zero-order valence-corrected chi connectivity index (χ0v) is 8.45. The van der Waals surface area contributed by atoms with Crippen molar-refractivity contribution < 1.29 is 14.6 Å². The average molecular weight is 202 g/mol. The molecule has 1 saturated heterocycles. The van der Waals surface area contributed by atoms with Crippen molar-refractivity contribution in [1.82, 2.24) is 10.6 Å². The highest BCUT2D eigenvalue weighted by Crippen LogP contribution is 1.95. The summed E-state index contributed by atoms with van der Waals surface area (Å²) in [5.41, 5.74) is 0. The third-order valence-corrected chi connectivity index (χ3v) is 2.19. The van der Waals surface area contributed by atoms with Gasteiger partial charge in [-0.05, 0) is 13.3 Å². The Morgan fingerprint density at radius 1 is 1.79 bits per heavy atom. The van der Waals surface area contributed by atoms with E-state index in [1.165, 1.54) is 0 Å². The van der Waals surface area contributed by atoms with Gasteiger partial charge < -0.3 is 20.5 Å². The van der Waals surface area contributed by atoms with Gasteiger partial charge in [-0.1, -0.05) is 0 Å². The lowest BCUT2D eigenvalue weighted by Crippen LogP contribution is -2.53. The summed E-state index contributed by atoms with van der Waals surface area (Å²) in [6, 6.07) is -0.235. The van der Waals surface area contributed by atoms with Crippen LogP contribution in [0.25, 0.3) is 0 Å². The molecule has 82 valence electrons. The van der Waals surface area contributed by atoms with Crippen LogP contribution >= 0.6 is 0 Å². The molecule has 0 radical (unpaired) electrons. The smallest absolute Gasteiger partial charge is 0.239 e. The van der Waals surface area contributed by atoms with E-state index < -0.39 is 0 Å². The van der Waals surface area contributed by atoms with Gasteiger partial charge >= 0.3 is 0 Å². The summed E-state index contributed by atoms with van der Waals surface area (Å²) in [5, 5.41) is 14.5. The second-order valence-corrected chi connectivity index (χ2v) is 3.50. The molecule has 3 N–H and O–H groups in total. The standard InChI is InChI=1S/C9H18N2O3/c1-7(2-4-12)11-9(13)8-6-14-5-3-10-8/h7-8,10,12H,2-6H2,1H3,(H,11,13). The summed E-state index contributed by atoms with van der Waals surface area (Å²) in [6.07, 6.45) is 0.583. The summed E-state index contributed by atoms with van der Waals surface area (Å²) >= 11 is 0. The lowest BCUT2D eigenvalue weighted by molar-refractivity contribution is -0.126. The zero-order valence-electron chi connectivity index (χ0n) is 8.45. The average Bonchev–Trinajstić information content (AvgIpc) is 2.19. The van der Waals surface area contributed by atoms with E-state index in [1.807, 2.05) is 6.92 Å². The quantitative estimate of drug-likeness (QED) is 0.539. The SMILES string of the molecule is CC(CCO)NC(=O)C1COCCN1. The summed E-state index contributed by atoms with van der Waals surface area (Å²) in [7, 11) is 0. The van der Waals surface area contributed by atoms with Crippen molar-refractivity contribution in [3.8, 4) is 0 Å². The number of amides is 1. The van der Waals surface area contributed by atoms with Crippen LogP contribution in [0.2, 0.25) is 0 Å². The number of aliphatic hydroxyl groups excluding tert-OH is 1. The first-order valence-electron chi connectivity index (χ1n) is 4.96. The molecule has 1 fully saturated rings. The highest BCUT2D eigenvalue weighted by Gasteiger charge is 2.21. The van der Waals surface area contributed by atoms with Crippen molar-refractivity contribution in [3.05, 3.63) is 0 Å². The van der Waals surface area contributed by atoms with Crippen LogP contribution in [0.3, 0.4) is 0 Å². The third-order valence-electron chi connectivity index (χ3n) is 2.19. The Hall–Kier alpha value is -0.650. The number of hydrogen-bond donors (Lipinski definition) is 3. The maximum atomic E-state index is 11.5. The Balaban J connectivity index is 2.25.